The van der Waals surface area contributed by atoms with Crippen LogP contribution in [0.5, 0.6) is 5.75 Å². The minimum atomic E-state index is -0.387. The van der Waals surface area contributed by atoms with Crippen molar-refractivity contribution in [2.24, 2.45) is 5.84 Å². The average Bonchev–Trinajstić information content (AvgIpc) is 3.08. The Hall–Kier alpha value is -3.83. The normalized spacial score (nSPS) is 11.3. The van der Waals surface area contributed by atoms with Gasteiger partial charge in [0.1, 0.15) is 5.75 Å². The van der Waals surface area contributed by atoms with Crippen molar-refractivity contribution in [1.29, 1.82) is 0 Å². The van der Waals surface area contributed by atoms with Crippen LogP contribution in [-0.2, 0) is 6.54 Å². The maximum absolute atomic E-state index is 12.5. The number of aromatic hydroxyl groups is 1. The summed E-state index contributed by atoms with van der Waals surface area (Å²) in [4.78, 5) is 12.5. The molecule has 0 aliphatic rings. The predicted molar refractivity (Wildman–Crippen MR) is 116 cm³/mol. The van der Waals surface area contributed by atoms with Gasteiger partial charge in [0, 0.05) is 17.3 Å². The van der Waals surface area contributed by atoms with E-state index in [4.69, 9.17) is 5.84 Å². The number of nitrogen functional groups attached to an aromatic ring is 1. The fourth-order valence-electron chi connectivity index (χ4n) is 4.13. The molecule has 1 amide bonds. The summed E-state index contributed by atoms with van der Waals surface area (Å²) in [6, 6.07) is 25.4. The summed E-state index contributed by atoms with van der Waals surface area (Å²) in [5.74, 6) is 5.22. The van der Waals surface area contributed by atoms with Crippen LogP contribution in [0.1, 0.15) is 15.9 Å². The molecule has 5 heteroatoms. The zero-order chi connectivity index (χ0) is 20.0. The first-order chi connectivity index (χ1) is 14.2. The summed E-state index contributed by atoms with van der Waals surface area (Å²) in [6.45, 7) is 0.617. The van der Waals surface area contributed by atoms with Gasteiger partial charge in [-0.2, -0.15) is 0 Å². The molecule has 0 fully saturated rings. The molecule has 5 nitrogen and oxygen atoms in total. The van der Waals surface area contributed by atoms with Crippen molar-refractivity contribution in [1.82, 2.24) is 9.99 Å². The summed E-state index contributed by atoms with van der Waals surface area (Å²) >= 11 is 0. The number of benzene rings is 4. The first-order valence-electron chi connectivity index (χ1n) is 9.39. The fraction of sp³-hybridized carbons (Fsp3) is 0.0417. The summed E-state index contributed by atoms with van der Waals surface area (Å²) < 4.78 is 2.14. The summed E-state index contributed by atoms with van der Waals surface area (Å²) in [7, 11) is 0. The number of carbonyl (C=O) groups is 1. The van der Waals surface area contributed by atoms with Crippen LogP contribution < -0.4 is 11.3 Å². The Labute approximate surface area is 166 Å². The summed E-state index contributed by atoms with van der Waals surface area (Å²) in [5, 5.41) is 14.2. The van der Waals surface area contributed by atoms with Gasteiger partial charge in [-0.05, 0) is 29.1 Å². The van der Waals surface area contributed by atoms with Crippen LogP contribution in [0.4, 0.5) is 0 Å². The van der Waals surface area contributed by atoms with Gasteiger partial charge in [0.25, 0.3) is 5.91 Å². The fourth-order valence-corrected chi connectivity index (χ4v) is 4.13. The number of rotatable bonds is 3. The van der Waals surface area contributed by atoms with Crippen molar-refractivity contribution >= 4 is 38.5 Å². The van der Waals surface area contributed by atoms with Gasteiger partial charge in [-0.3, -0.25) is 10.2 Å². The molecule has 142 valence electrons. The van der Waals surface area contributed by atoms with Crippen molar-refractivity contribution in [2.45, 2.75) is 6.54 Å². The van der Waals surface area contributed by atoms with Crippen LogP contribution in [0.25, 0.3) is 32.6 Å². The number of phenolic OH excluding ortho intramolecular Hbond substituents is 1. The first kappa shape index (κ1) is 17.3. The maximum Gasteiger partial charge on any atom is 0.265 e. The van der Waals surface area contributed by atoms with Crippen LogP contribution in [-0.4, -0.2) is 15.6 Å². The molecule has 5 rings (SSSR count). The lowest BCUT2D eigenvalue weighted by Gasteiger charge is -2.09. The highest BCUT2D eigenvalue weighted by molar-refractivity contribution is 6.23. The second-order valence-electron chi connectivity index (χ2n) is 7.09. The van der Waals surface area contributed by atoms with Gasteiger partial charge in [-0.15, -0.1) is 0 Å². The molecule has 5 aromatic rings. The summed E-state index contributed by atoms with van der Waals surface area (Å²) in [6.07, 6.45) is 0. The molecule has 0 radical (unpaired) electrons. The Kier molecular flexibility index (Phi) is 3.96. The van der Waals surface area contributed by atoms with E-state index in [-0.39, 0.29) is 11.7 Å². The Bertz CT molecular complexity index is 1390. The van der Waals surface area contributed by atoms with E-state index < -0.39 is 0 Å². The van der Waals surface area contributed by atoms with Gasteiger partial charge in [-0.1, -0.05) is 60.7 Å². The van der Waals surface area contributed by atoms with Crippen LogP contribution in [0.2, 0.25) is 0 Å². The number of nitrogens with zero attached hydrogens (tertiary/aromatic N) is 1. The third-order valence-electron chi connectivity index (χ3n) is 5.43. The quantitative estimate of drug-likeness (QED) is 0.248. The highest BCUT2D eigenvalue weighted by atomic mass is 16.3. The SMILES string of the molecule is NNC(=O)c1cccc2c1c1c(O)c3ccccc3cc1n2Cc1ccccc1. The minimum Gasteiger partial charge on any atom is -0.507 e. The number of amides is 1. The number of nitrogens with two attached hydrogens (primary N) is 1. The Morgan fingerprint density at radius 3 is 2.45 bits per heavy atom. The van der Waals surface area contributed by atoms with E-state index in [0.29, 0.717) is 22.9 Å². The molecule has 29 heavy (non-hydrogen) atoms. The van der Waals surface area contributed by atoms with E-state index in [2.05, 4.69) is 28.2 Å². The van der Waals surface area contributed by atoms with Crippen LogP contribution in [0.15, 0.2) is 78.9 Å². The van der Waals surface area contributed by atoms with E-state index in [1.807, 2.05) is 54.6 Å². The third-order valence-corrected chi connectivity index (χ3v) is 5.43. The van der Waals surface area contributed by atoms with Crippen molar-refractivity contribution in [3.05, 3.63) is 90.0 Å². The van der Waals surface area contributed by atoms with E-state index in [1.165, 1.54) is 0 Å². The second kappa shape index (κ2) is 6.65. The number of fused-ring (bicyclic) bond motifs is 4. The highest BCUT2D eigenvalue weighted by Gasteiger charge is 2.21. The molecular weight excluding hydrogens is 362 g/mol. The molecule has 0 saturated heterocycles. The number of aromatic nitrogens is 1. The Balaban J connectivity index is 1.95. The second-order valence-corrected chi connectivity index (χ2v) is 7.09. The van der Waals surface area contributed by atoms with E-state index >= 15 is 0 Å². The zero-order valence-corrected chi connectivity index (χ0v) is 15.6. The third kappa shape index (κ3) is 2.63. The van der Waals surface area contributed by atoms with Gasteiger partial charge in [-0.25, -0.2) is 5.84 Å². The van der Waals surface area contributed by atoms with E-state index in [9.17, 15) is 9.90 Å². The smallest absolute Gasteiger partial charge is 0.265 e. The molecular formula is C24H19N3O2. The molecule has 0 bridgehead atoms. The predicted octanol–water partition coefficient (Wildman–Crippen LogP) is 4.31. The number of phenols is 1. The van der Waals surface area contributed by atoms with E-state index in [0.717, 1.165) is 27.4 Å². The van der Waals surface area contributed by atoms with Crippen molar-refractivity contribution in [2.75, 3.05) is 0 Å². The molecule has 1 heterocycles. The maximum atomic E-state index is 12.5. The average molecular weight is 381 g/mol. The highest BCUT2D eigenvalue weighted by Crippen LogP contribution is 2.41. The molecule has 0 aliphatic heterocycles. The van der Waals surface area contributed by atoms with Gasteiger partial charge in [0.2, 0.25) is 0 Å². The van der Waals surface area contributed by atoms with Crippen molar-refractivity contribution in [3.63, 3.8) is 0 Å². The van der Waals surface area contributed by atoms with E-state index in [1.54, 1.807) is 6.07 Å². The van der Waals surface area contributed by atoms with Gasteiger partial charge < -0.3 is 9.67 Å². The number of hydrogen-bond acceptors (Lipinski definition) is 3. The van der Waals surface area contributed by atoms with Crippen LogP contribution in [0, 0.1) is 0 Å². The number of hydrazine groups is 1. The largest absolute Gasteiger partial charge is 0.507 e. The topological polar surface area (TPSA) is 80.3 Å². The molecule has 0 unspecified atom stereocenters. The molecule has 0 atom stereocenters. The van der Waals surface area contributed by atoms with Gasteiger partial charge >= 0.3 is 0 Å². The molecule has 1 aromatic heterocycles. The number of nitrogens with one attached hydrogen (secondary N) is 1. The van der Waals surface area contributed by atoms with Gasteiger partial charge in [0.05, 0.1) is 22.0 Å². The van der Waals surface area contributed by atoms with Crippen molar-refractivity contribution < 1.29 is 9.90 Å². The lowest BCUT2D eigenvalue weighted by molar-refractivity contribution is 0.0955. The van der Waals surface area contributed by atoms with Crippen LogP contribution >= 0.6 is 0 Å². The molecule has 4 aromatic carbocycles. The Morgan fingerprint density at radius 2 is 1.66 bits per heavy atom. The number of carbonyl (C=O) groups excluding carboxylic acids is 1. The molecule has 0 aliphatic carbocycles. The van der Waals surface area contributed by atoms with Crippen molar-refractivity contribution in [3.8, 4) is 5.75 Å². The standard InChI is InChI=1S/C24H19N3O2/c25-26-24(29)18-11-6-12-19-21(18)22-20(27(19)14-15-7-2-1-3-8-15)13-16-9-4-5-10-17(16)23(22)28/h1-13,28H,14,25H2,(H,26,29). The first-order valence-corrected chi connectivity index (χ1v) is 9.39. The molecule has 4 N–H and O–H groups in total. The minimum absolute atomic E-state index is 0.173. The Morgan fingerprint density at radius 1 is 0.897 bits per heavy atom. The summed E-state index contributed by atoms with van der Waals surface area (Å²) in [5.41, 5.74) is 5.54. The zero-order valence-electron chi connectivity index (χ0n) is 15.6. The number of hydrogen-bond donors (Lipinski definition) is 3. The van der Waals surface area contributed by atoms with Gasteiger partial charge in [0.15, 0.2) is 0 Å². The monoisotopic (exact) mass is 381 g/mol. The van der Waals surface area contributed by atoms with Crippen LogP contribution in [0.3, 0.4) is 0 Å². The molecule has 0 spiro atoms. The lowest BCUT2D eigenvalue weighted by Crippen LogP contribution is -2.30. The lowest BCUT2D eigenvalue weighted by atomic mass is 10.0. The molecule has 0 saturated carbocycles.